The molecular weight excluding hydrogens is 390 g/mol. The van der Waals surface area contributed by atoms with E-state index in [2.05, 4.69) is 31.2 Å². The number of benzene rings is 2. The Bertz CT molecular complexity index is 944. The number of aromatic nitrogens is 3. The second-order valence-corrected chi connectivity index (χ2v) is 6.69. The van der Waals surface area contributed by atoms with Gasteiger partial charge in [-0.2, -0.15) is 13.9 Å². The molecule has 2 aromatic carbocycles. The molecule has 30 heavy (non-hydrogen) atoms. The van der Waals surface area contributed by atoms with Gasteiger partial charge in [0.1, 0.15) is 18.4 Å². The number of rotatable bonds is 8. The second-order valence-electron chi connectivity index (χ2n) is 6.69. The molecule has 0 fully saturated rings. The van der Waals surface area contributed by atoms with Gasteiger partial charge >= 0.3 is 6.61 Å². The quantitative estimate of drug-likeness (QED) is 0.453. The zero-order chi connectivity index (χ0) is 21.3. The summed E-state index contributed by atoms with van der Waals surface area (Å²) in [6.45, 7) is -0.978. The van der Waals surface area contributed by atoms with Crippen LogP contribution in [0.1, 0.15) is 16.7 Å². The summed E-state index contributed by atoms with van der Waals surface area (Å²) < 4.78 is 30.7. The van der Waals surface area contributed by atoms with Crippen molar-refractivity contribution in [2.45, 2.75) is 26.2 Å². The van der Waals surface area contributed by atoms with Crippen molar-refractivity contribution in [2.24, 2.45) is 4.99 Å². The summed E-state index contributed by atoms with van der Waals surface area (Å²) in [6.07, 6.45) is 3.21. The maximum absolute atomic E-state index is 12.3. The number of aliphatic imine (C=N–C) groups is 1. The van der Waals surface area contributed by atoms with Gasteiger partial charge in [0, 0.05) is 27.2 Å². The first-order valence-electron chi connectivity index (χ1n) is 9.39. The summed E-state index contributed by atoms with van der Waals surface area (Å²) in [6, 6.07) is 14.8. The van der Waals surface area contributed by atoms with Crippen molar-refractivity contribution in [3.05, 3.63) is 77.9 Å². The summed E-state index contributed by atoms with van der Waals surface area (Å²) in [5.74, 6) is 0.870. The van der Waals surface area contributed by atoms with Crippen molar-refractivity contribution < 1.29 is 13.5 Å². The molecule has 0 aliphatic carbocycles. The topological polar surface area (TPSA) is 67.6 Å². The Hall–Kier alpha value is -3.49. The summed E-state index contributed by atoms with van der Waals surface area (Å²) in [5, 5.41) is 7.48. The van der Waals surface area contributed by atoms with Gasteiger partial charge in [0.05, 0.1) is 6.54 Å². The van der Waals surface area contributed by atoms with Gasteiger partial charge in [0.2, 0.25) is 0 Å². The first kappa shape index (κ1) is 21.2. The second kappa shape index (κ2) is 10.3. The minimum atomic E-state index is -2.82. The van der Waals surface area contributed by atoms with Gasteiger partial charge in [0.15, 0.2) is 5.96 Å². The molecule has 0 atom stereocenters. The molecular formula is C21H24F2N6O. The van der Waals surface area contributed by atoms with Crippen molar-refractivity contribution >= 4 is 5.96 Å². The molecule has 0 amide bonds. The Morgan fingerprint density at radius 3 is 2.60 bits per heavy atom. The third-order valence-corrected chi connectivity index (χ3v) is 4.39. The lowest BCUT2D eigenvalue weighted by Crippen LogP contribution is -2.38. The molecule has 7 nitrogen and oxygen atoms in total. The van der Waals surface area contributed by atoms with E-state index in [4.69, 9.17) is 0 Å². The SMILES string of the molecule is CN=C(NCc1cccc(Cn2cncn2)c1)N(C)Cc1ccc(OC(F)F)cc1. The normalized spacial score (nSPS) is 11.6. The third-order valence-electron chi connectivity index (χ3n) is 4.39. The van der Waals surface area contributed by atoms with Crippen molar-refractivity contribution in [1.29, 1.82) is 0 Å². The van der Waals surface area contributed by atoms with Crippen LogP contribution in [-0.4, -0.2) is 46.3 Å². The van der Waals surface area contributed by atoms with E-state index in [0.717, 1.165) is 22.6 Å². The fourth-order valence-corrected chi connectivity index (χ4v) is 3.03. The van der Waals surface area contributed by atoms with Crippen LogP contribution in [0.15, 0.2) is 66.2 Å². The number of hydrogen-bond acceptors (Lipinski definition) is 4. The molecule has 0 aliphatic rings. The lowest BCUT2D eigenvalue weighted by molar-refractivity contribution is -0.0498. The maximum Gasteiger partial charge on any atom is 0.387 e. The van der Waals surface area contributed by atoms with Crippen LogP contribution in [0.2, 0.25) is 0 Å². The van der Waals surface area contributed by atoms with Crippen molar-refractivity contribution in [2.75, 3.05) is 14.1 Å². The number of ether oxygens (including phenoxy) is 1. The molecule has 3 aromatic rings. The highest BCUT2D eigenvalue weighted by Gasteiger charge is 2.09. The molecule has 158 valence electrons. The van der Waals surface area contributed by atoms with Crippen molar-refractivity contribution in [3.8, 4) is 5.75 Å². The zero-order valence-corrected chi connectivity index (χ0v) is 16.9. The zero-order valence-electron chi connectivity index (χ0n) is 16.9. The highest BCUT2D eigenvalue weighted by molar-refractivity contribution is 5.79. The molecule has 3 rings (SSSR count). The molecule has 0 bridgehead atoms. The molecule has 1 heterocycles. The lowest BCUT2D eigenvalue weighted by Gasteiger charge is -2.22. The van der Waals surface area contributed by atoms with E-state index in [1.807, 2.05) is 30.1 Å². The average Bonchev–Trinajstić information content (AvgIpc) is 3.23. The van der Waals surface area contributed by atoms with E-state index in [1.165, 1.54) is 18.5 Å². The molecule has 0 unspecified atom stereocenters. The van der Waals surface area contributed by atoms with Gasteiger partial charge in [-0.15, -0.1) is 0 Å². The average molecular weight is 414 g/mol. The molecule has 0 aliphatic heterocycles. The number of hydrogen-bond donors (Lipinski definition) is 1. The van der Waals surface area contributed by atoms with Crippen LogP contribution in [0.25, 0.3) is 0 Å². The molecule has 0 saturated heterocycles. The van der Waals surface area contributed by atoms with Gasteiger partial charge in [-0.3, -0.25) is 4.99 Å². The summed E-state index contributed by atoms with van der Waals surface area (Å²) in [5.41, 5.74) is 3.21. The molecule has 9 heteroatoms. The van der Waals surface area contributed by atoms with Gasteiger partial charge in [0.25, 0.3) is 0 Å². The van der Waals surface area contributed by atoms with Crippen LogP contribution in [0.5, 0.6) is 5.75 Å². The Morgan fingerprint density at radius 2 is 1.93 bits per heavy atom. The van der Waals surface area contributed by atoms with Crippen LogP contribution in [0, 0.1) is 0 Å². The summed E-state index contributed by atoms with van der Waals surface area (Å²) >= 11 is 0. The van der Waals surface area contributed by atoms with E-state index in [1.54, 1.807) is 30.2 Å². The number of halogens is 2. The fraction of sp³-hybridized carbons (Fsp3) is 0.286. The highest BCUT2D eigenvalue weighted by Crippen LogP contribution is 2.16. The number of guanidine groups is 1. The van der Waals surface area contributed by atoms with Crippen LogP contribution < -0.4 is 10.1 Å². The van der Waals surface area contributed by atoms with E-state index in [-0.39, 0.29) is 5.75 Å². The van der Waals surface area contributed by atoms with Gasteiger partial charge in [-0.1, -0.05) is 36.4 Å². The first-order valence-corrected chi connectivity index (χ1v) is 9.39. The largest absolute Gasteiger partial charge is 0.435 e. The molecule has 0 spiro atoms. The van der Waals surface area contributed by atoms with E-state index in [0.29, 0.717) is 19.6 Å². The van der Waals surface area contributed by atoms with Crippen LogP contribution in [0.3, 0.4) is 0 Å². The lowest BCUT2D eigenvalue weighted by atomic mass is 10.1. The molecule has 0 radical (unpaired) electrons. The van der Waals surface area contributed by atoms with E-state index < -0.39 is 6.61 Å². The fourth-order valence-electron chi connectivity index (χ4n) is 3.03. The van der Waals surface area contributed by atoms with Crippen LogP contribution >= 0.6 is 0 Å². The first-order chi connectivity index (χ1) is 14.5. The summed E-state index contributed by atoms with van der Waals surface area (Å²) in [7, 11) is 3.64. The minimum Gasteiger partial charge on any atom is -0.435 e. The van der Waals surface area contributed by atoms with E-state index in [9.17, 15) is 8.78 Å². The number of nitrogens with zero attached hydrogens (tertiary/aromatic N) is 5. The Kier molecular flexibility index (Phi) is 7.31. The van der Waals surface area contributed by atoms with Crippen molar-refractivity contribution in [3.63, 3.8) is 0 Å². The van der Waals surface area contributed by atoms with Crippen LogP contribution in [0.4, 0.5) is 8.78 Å². The van der Waals surface area contributed by atoms with E-state index >= 15 is 0 Å². The maximum atomic E-state index is 12.3. The van der Waals surface area contributed by atoms with Crippen molar-refractivity contribution in [1.82, 2.24) is 25.0 Å². The Morgan fingerprint density at radius 1 is 1.17 bits per heavy atom. The monoisotopic (exact) mass is 414 g/mol. The number of nitrogens with one attached hydrogen (secondary N) is 1. The molecule has 0 saturated carbocycles. The van der Waals surface area contributed by atoms with Gasteiger partial charge in [-0.25, -0.2) is 9.67 Å². The Balaban J connectivity index is 1.55. The predicted molar refractivity (Wildman–Crippen MR) is 110 cm³/mol. The summed E-state index contributed by atoms with van der Waals surface area (Å²) in [4.78, 5) is 10.2. The smallest absolute Gasteiger partial charge is 0.387 e. The minimum absolute atomic E-state index is 0.143. The van der Waals surface area contributed by atoms with Crippen LogP contribution in [-0.2, 0) is 19.6 Å². The predicted octanol–water partition coefficient (Wildman–Crippen LogP) is 3.14. The highest BCUT2D eigenvalue weighted by atomic mass is 19.3. The molecule has 1 N–H and O–H groups in total. The van der Waals surface area contributed by atoms with Gasteiger partial charge < -0.3 is 15.0 Å². The Labute approximate surface area is 174 Å². The standard InChI is InChI=1S/C21H24F2N6O/c1-24-21(28(2)12-16-6-8-19(9-7-16)30-20(22)23)26-11-17-4-3-5-18(10-17)13-29-15-25-14-27-29/h3-10,14-15,20H,11-13H2,1-2H3,(H,24,26). The molecule has 1 aromatic heterocycles. The third kappa shape index (κ3) is 6.26. The number of alkyl halides is 2. The van der Waals surface area contributed by atoms with Gasteiger partial charge in [-0.05, 0) is 28.8 Å².